The Morgan fingerprint density at radius 1 is 0.243 bits per heavy atom. The molecule has 0 radical (unpaired) electrons. The average Bonchev–Trinajstić information content (AvgIpc) is 0.902. The number of phosphoric ester groups is 2. The van der Waals surface area contributed by atoms with Gasteiger partial charge in [-0.25, -0.2) is 9.13 Å². The van der Waals surface area contributed by atoms with Crippen LogP contribution in [0.4, 0.5) is 0 Å². The summed E-state index contributed by atoms with van der Waals surface area (Å²) in [5.74, 6) is -1.62. The summed E-state index contributed by atoms with van der Waals surface area (Å²) in [6.45, 7) is 2.31. The van der Waals surface area contributed by atoms with Gasteiger partial charge in [0.25, 0.3) is 0 Å². The van der Waals surface area contributed by atoms with E-state index in [4.69, 9.17) is 32.3 Å². The van der Waals surface area contributed by atoms with Gasteiger partial charge in [0.2, 0.25) is 0 Å². The maximum atomic E-state index is 13.0. The van der Waals surface area contributed by atoms with Crippen molar-refractivity contribution in [2.75, 3.05) is 39.6 Å². The highest BCUT2D eigenvalue weighted by Crippen LogP contribution is 2.45. The molecule has 0 fully saturated rings. The predicted octanol–water partition coefficient (Wildman–Crippen LogP) is 27.4. The van der Waals surface area contributed by atoms with Gasteiger partial charge in [0.05, 0.1) is 26.4 Å². The molecule has 0 heterocycles. The molecule has 654 valence electrons. The second kappa shape index (κ2) is 87.7. The molecule has 0 aliphatic heterocycles. The van der Waals surface area contributed by atoms with Crippen molar-refractivity contribution in [2.24, 2.45) is 0 Å². The molecule has 0 aromatic rings. The minimum Gasteiger partial charge on any atom is -0.463 e. The molecule has 115 heavy (non-hydrogen) atoms. The Kier molecular flexibility index (Phi) is 83.4. The highest BCUT2D eigenvalue weighted by atomic mass is 31.2. The summed E-state index contributed by atoms with van der Waals surface area (Å²) in [5, 5.41) is 20.7. The van der Waals surface area contributed by atoms with Crippen molar-refractivity contribution in [1.82, 2.24) is 0 Å². The molecule has 0 saturated carbocycles. The molecule has 5 unspecified atom stereocenters. The van der Waals surface area contributed by atoms with E-state index in [0.29, 0.717) is 19.3 Å². The van der Waals surface area contributed by atoms with E-state index in [2.05, 4.69) is 215 Å². The lowest BCUT2D eigenvalue weighted by atomic mass is 10.0. The molecule has 18 heteroatoms. The zero-order valence-electron chi connectivity index (χ0n) is 71.9. The number of allylic oxidation sites excluding steroid dienone is 32. The van der Waals surface area contributed by atoms with Crippen LogP contribution >= 0.6 is 15.6 Å². The van der Waals surface area contributed by atoms with Crippen molar-refractivity contribution in [3.8, 4) is 0 Å². The van der Waals surface area contributed by atoms with Gasteiger partial charge in [-0.05, 0) is 161 Å². The minimum atomic E-state index is -4.96. The third kappa shape index (κ3) is 89.0. The first-order chi connectivity index (χ1) is 56.2. The van der Waals surface area contributed by atoms with E-state index in [-0.39, 0.29) is 19.3 Å². The molecule has 0 saturated heterocycles. The standard InChI is InChI=1S/C97H160O16P2/c1-4-7-10-13-16-19-22-25-28-31-34-36-38-40-41-42-43-44-45-46-47-48-49-51-53-54-57-59-62-65-68-71-74-77-80-83-95(100)107-86-92(98)87-109-114(103,104)110-88-93(99)89-111-115(105,106)112-91-94(113-97(102)85-82-79-76-73-70-67-64-61-56-33-30-27-24-21-18-15-12-9-6-3)90-108-96(101)84-81-78-75-72-69-66-63-60-58-55-52-50-39-37-35-32-29-26-23-20-17-14-11-8-5-2/h7-12,16-21,25-30,34-37,40-41,43-44,50,52,56,61,67,70,92-94,98-99H,4-6,13-15,22-24,31-33,38-39,42,45-49,51,53-55,57-60,62-66,68-69,71-91H2,1-3H3,(H,103,104)(H,105,106)/b10-7-,11-8-,12-9-,19-16-,20-17-,21-18-,28-25-,29-26-,30-27-,36-34-,37-35-,41-40-,44-43-,52-50-,61-56-,70-67-. The van der Waals surface area contributed by atoms with Gasteiger partial charge in [-0.15, -0.1) is 0 Å². The average molecular weight is 1640 g/mol. The fourth-order valence-corrected chi connectivity index (χ4v) is 13.2. The molecule has 4 N–H and O–H groups in total. The smallest absolute Gasteiger partial charge is 0.463 e. The van der Waals surface area contributed by atoms with Crippen LogP contribution < -0.4 is 0 Å². The fraction of sp³-hybridized carbons (Fsp3) is 0.639. The van der Waals surface area contributed by atoms with E-state index >= 15 is 0 Å². The quantitative estimate of drug-likeness (QED) is 0.0146. The van der Waals surface area contributed by atoms with Crippen molar-refractivity contribution in [3.05, 3.63) is 194 Å². The van der Waals surface area contributed by atoms with E-state index in [1.807, 2.05) is 0 Å². The van der Waals surface area contributed by atoms with Crippen molar-refractivity contribution in [2.45, 2.75) is 360 Å². The van der Waals surface area contributed by atoms with Crippen LogP contribution in [0.3, 0.4) is 0 Å². The number of phosphoric acid groups is 2. The summed E-state index contributed by atoms with van der Waals surface area (Å²) in [4.78, 5) is 58.9. The van der Waals surface area contributed by atoms with Crippen LogP contribution in [0, 0.1) is 0 Å². The van der Waals surface area contributed by atoms with Crippen LogP contribution in [0.25, 0.3) is 0 Å². The summed E-state index contributed by atoms with van der Waals surface area (Å²) in [5.41, 5.74) is 0. The second-order valence-electron chi connectivity index (χ2n) is 29.3. The molecule has 0 aliphatic carbocycles. The van der Waals surface area contributed by atoms with Crippen molar-refractivity contribution < 1.29 is 75.8 Å². The summed E-state index contributed by atoms with van der Waals surface area (Å²) in [7, 11) is -9.83. The lowest BCUT2D eigenvalue weighted by Gasteiger charge is -2.21. The highest BCUT2D eigenvalue weighted by molar-refractivity contribution is 7.47. The van der Waals surface area contributed by atoms with Crippen LogP contribution in [-0.2, 0) is 55.8 Å². The highest BCUT2D eigenvalue weighted by Gasteiger charge is 2.29. The van der Waals surface area contributed by atoms with Gasteiger partial charge < -0.3 is 34.2 Å². The van der Waals surface area contributed by atoms with E-state index in [0.717, 1.165) is 173 Å². The first-order valence-corrected chi connectivity index (χ1v) is 47.7. The van der Waals surface area contributed by atoms with Crippen molar-refractivity contribution >= 4 is 33.6 Å². The number of hydrogen-bond donors (Lipinski definition) is 4. The van der Waals surface area contributed by atoms with Crippen molar-refractivity contribution in [1.29, 1.82) is 0 Å². The maximum absolute atomic E-state index is 13.0. The summed E-state index contributed by atoms with van der Waals surface area (Å²) in [6, 6.07) is 0. The number of rotatable bonds is 83. The normalized spacial score (nSPS) is 14.7. The molecule has 0 amide bonds. The first-order valence-electron chi connectivity index (χ1n) is 44.7. The largest absolute Gasteiger partial charge is 0.472 e. The summed E-state index contributed by atoms with van der Waals surface area (Å²) < 4.78 is 61.4. The minimum absolute atomic E-state index is 0.0579. The lowest BCUT2D eigenvalue weighted by molar-refractivity contribution is -0.161. The van der Waals surface area contributed by atoms with E-state index < -0.39 is 91.5 Å². The van der Waals surface area contributed by atoms with Crippen LogP contribution in [0.2, 0.25) is 0 Å². The summed E-state index contributed by atoms with van der Waals surface area (Å²) >= 11 is 0. The maximum Gasteiger partial charge on any atom is 0.472 e. The van der Waals surface area contributed by atoms with E-state index in [9.17, 15) is 43.5 Å². The fourth-order valence-electron chi connectivity index (χ4n) is 11.6. The Labute approximate surface area is 699 Å². The topological polar surface area (TPSA) is 231 Å². The van der Waals surface area contributed by atoms with Gasteiger partial charge in [-0.2, -0.15) is 0 Å². The molecule has 0 bridgehead atoms. The van der Waals surface area contributed by atoms with Gasteiger partial charge in [-0.1, -0.05) is 356 Å². The molecular weight excluding hydrogens is 1480 g/mol. The molecule has 0 aromatic heterocycles. The second-order valence-corrected chi connectivity index (χ2v) is 32.2. The lowest BCUT2D eigenvalue weighted by Crippen LogP contribution is -2.30. The SMILES string of the molecule is CC/C=C\C/C=C\C/C=C\C/C=C\C/C=C\C/C=C\CCCCCCCCCCCCCCCCCCC(=O)OCC(O)COP(=O)(O)OCC(O)COP(=O)(O)OCC(COC(=O)CCCCCCCCCCC/C=C\C/C=C\C/C=C\C/C=C\C/C=C\CC)OC(=O)CCCCC/C=C\C/C=C\C/C=C\C/C=C\C/C=C\CC. The Morgan fingerprint density at radius 2 is 0.435 bits per heavy atom. The number of carbonyl (C=O) groups is 3. The van der Waals surface area contributed by atoms with Gasteiger partial charge in [-0.3, -0.25) is 32.5 Å². The van der Waals surface area contributed by atoms with E-state index in [1.165, 1.54) is 109 Å². The molecule has 0 rings (SSSR count). The van der Waals surface area contributed by atoms with Crippen LogP contribution in [0.1, 0.15) is 342 Å². The van der Waals surface area contributed by atoms with Gasteiger partial charge >= 0.3 is 33.6 Å². The van der Waals surface area contributed by atoms with Crippen LogP contribution in [-0.4, -0.2) is 95.9 Å². The number of aliphatic hydroxyl groups excluding tert-OH is 2. The molecule has 16 nitrogen and oxygen atoms in total. The predicted molar refractivity (Wildman–Crippen MR) is 481 cm³/mol. The van der Waals surface area contributed by atoms with Crippen molar-refractivity contribution in [3.63, 3.8) is 0 Å². The molecule has 5 atom stereocenters. The van der Waals surface area contributed by atoms with Crippen LogP contribution in [0.5, 0.6) is 0 Å². The van der Waals surface area contributed by atoms with Gasteiger partial charge in [0.1, 0.15) is 25.4 Å². The number of ether oxygens (including phenoxy) is 3. The zero-order chi connectivity index (χ0) is 83.6. The van der Waals surface area contributed by atoms with Gasteiger partial charge in [0, 0.05) is 19.3 Å². The number of unbranched alkanes of at least 4 members (excludes halogenated alkanes) is 28. The molecule has 0 spiro atoms. The Morgan fingerprint density at radius 3 is 0.696 bits per heavy atom. The third-order valence-electron chi connectivity index (χ3n) is 18.3. The molecule has 0 aliphatic rings. The zero-order valence-corrected chi connectivity index (χ0v) is 73.7. The molecular formula is C97H160O16P2. The Bertz CT molecular complexity index is 2870. The third-order valence-corrected chi connectivity index (χ3v) is 20.2. The number of carbonyl (C=O) groups excluding carboxylic acids is 3. The number of hydrogen-bond acceptors (Lipinski definition) is 14. The number of esters is 3. The molecule has 0 aromatic carbocycles. The summed E-state index contributed by atoms with van der Waals surface area (Å²) in [6.07, 6.45) is 116. The Balaban J connectivity index is 4.55. The van der Waals surface area contributed by atoms with E-state index in [1.54, 1.807) is 0 Å². The van der Waals surface area contributed by atoms with Gasteiger partial charge in [0.15, 0.2) is 6.10 Å². The first kappa shape index (κ1) is 109. The number of aliphatic hydroxyl groups is 2. The Hall–Kier alpha value is -5.61. The van der Waals surface area contributed by atoms with Crippen LogP contribution in [0.15, 0.2) is 194 Å². The monoisotopic (exact) mass is 1640 g/mol.